The molecule has 7 heteroatoms. The molecule has 3 fully saturated rings. The van der Waals surface area contributed by atoms with Crippen LogP contribution >= 0.6 is 0 Å². The van der Waals surface area contributed by atoms with Gasteiger partial charge >= 0.3 is 17.9 Å². The molecule has 0 heterocycles. The molecule has 7 nitrogen and oxygen atoms in total. The van der Waals surface area contributed by atoms with Crippen molar-refractivity contribution in [3.8, 4) is 0 Å². The summed E-state index contributed by atoms with van der Waals surface area (Å²) in [6, 6.07) is 0. The molecule has 0 unspecified atom stereocenters. The van der Waals surface area contributed by atoms with E-state index < -0.39 is 17.5 Å². The van der Waals surface area contributed by atoms with Crippen LogP contribution in [0.1, 0.15) is 65.2 Å². The Morgan fingerprint density at radius 3 is 2.44 bits per heavy atom. The number of carbonyl (C=O) groups is 4. The number of allylic oxidation sites excluding steroid dienone is 2. The fraction of sp³-hybridized carbons (Fsp3) is 0.760. The molecule has 0 N–H and O–H groups in total. The van der Waals surface area contributed by atoms with Gasteiger partial charge in [0.2, 0.25) is 5.78 Å². The van der Waals surface area contributed by atoms with Crippen molar-refractivity contribution in [3.05, 3.63) is 11.6 Å². The van der Waals surface area contributed by atoms with Gasteiger partial charge in [-0.2, -0.15) is 0 Å². The molecule has 0 radical (unpaired) electrons. The Bertz CT molecular complexity index is 830. The molecule has 0 aromatic heterocycles. The Kier molecular flexibility index (Phi) is 6.46. The van der Waals surface area contributed by atoms with Crippen molar-refractivity contribution in [2.24, 2.45) is 35.5 Å². The standard InChI is InChI=1S/C25H34O7/c1-14(26)31-13-23(28)25(32-15(2)27)11-10-21-20-7-4-16-12-17(24(29)30-3)5-6-18(16)19(20)8-9-22(21)25/h4,17-22H,5-13H2,1-3H3/t17-,18-,19-,20-,21+,22-,25+/m1/s1. The van der Waals surface area contributed by atoms with Gasteiger partial charge in [-0.1, -0.05) is 11.6 Å². The maximum absolute atomic E-state index is 13.2. The number of methoxy groups -OCH3 is 1. The van der Waals surface area contributed by atoms with Gasteiger partial charge in [-0.05, 0) is 75.0 Å². The number of hydrogen-bond donors (Lipinski definition) is 0. The van der Waals surface area contributed by atoms with Crippen molar-refractivity contribution >= 4 is 23.7 Å². The third kappa shape index (κ3) is 3.99. The van der Waals surface area contributed by atoms with E-state index in [0.29, 0.717) is 30.1 Å². The van der Waals surface area contributed by atoms with Crippen LogP contribution in [0.3, 0.4) is 0 Å². The van der Waals surface area contributed by atoms with Gasteiger partial charge in [0.1, 0.15) is 0 Å². The molecule has 0 bridgehead atoms. The van der Waals surface area contributed by atoms with Gasteiger partial charge in [0.15, 0.2) is 12.2 Å². The zero-order chi connectivity index (χ0) is 23.0. The predicted molar refractivity (Wildman–Crippen MR) is 114 cm³/mol. The van der Waals surface area contributed by atoms with E-state index in [1.54, 1.807) is 0 Å². The average molecular weight is 447 g/mol. The van der Waals surface area contributed by atoms with Crippen LogP contribution in [0.2, 0.25) is 0 Å². The van der Waals surface area contributed by atoms with Gasteiger partial charge < -0.3 is 14.2 Å². The number of ether oxygens (including phenoxy) is 3. The summed E-state index contributed by atoms with van der Waals surface area (Å²) in [6.45, 7) is 2.27. The highest BCUT2D eigenvalue weighted by atomic mass is 16.6. The van der Waals surface area contributed by atoms with Gasteiger partial charge in [0.25, 0.3) is 0 Å². The van der Waals surface area contributed by atoms with E-state index in [0.717, 1.165) is 44.9 Å². The van der Waals surface area contributed by atoms with E-state index in [1.165, 1.54) is 26.5 Å². The number of Topliss-reactive ketones (excluding diaryl/α,β-unsaturated/α-hetero) is 1. The zero-order valence-electron chi connectivity index (χ0n) is 19.3. The second-order valence-electron chi connectivity index (χ2n) is 10.0. The minimum absolute atomic E-state index is 0.0302. The minimum Gasteiger partial charge on any atom is -0.469 e. The Morgan fingerprint density at radius 1 is 0.969 bits per heavy atom. The summed E-state index contributed by atoms with van der Waals surface area (Å²) in [4.78, 5) is 48.4. The lowest BCUT2D eigenvalue weighted by molar-refractivity contribution is -0.176. The first kappa shape index (κ1) is 23.0. The largest absolute Gasteiger partial charge is 0.469 e. The van der Waals surface area contributed by atoms with Crippen LogP contribution in [0.25, 0.3) is 0 Å². The number of hydrogen-bond acceptors (Lipinski definition) is 7. The SMILES string of the molecule is COC(=O)[C@@H]1CC[C@@H]2C(=CC[C@@H]3[C@@H]2CC[C@@H]2[C@H]3CC[C@@]2(OC(C)=O)C(=O)COC(C)=O)C1. The van der Waals surface area contributed by atoms with Crippen LogP contribution in [-0.2, 0) is 33.4 Å². The molecular formula is C25H34O7. The lowest BCUT2D eigenvalue weighted by atomic mass is 9.55. The quantitative estimate of drug-likeness (QED) is 0.363. The van der Waals surface area contributed by atoms with Gasteiger partial charge in [-0.25, -0.2) is 0 Å². The summed E-state index contributed by atoms with van der Waals surface area (Å²) in [6.07, 6.45) is 9.09. The Morgan fingerprint density at radius 2 is 1.75 bits per heavy atom. The first-order valence-electron chi connectivity index (χ1n) is 11.9. The van der Waals surface area contributed by atoms with Gasteiger partial charge in [-0.3, -0.25) is 19.2 Å². The number of carbonyl (C=O) groups excluding carboxylic acids is 4. The summed E-state index contributed by atoms with van der Waals surface area (Å²) in [5.74, 6) is 0.375. The van der Waals surface area contributed by atoms with Gasteiger partial charge in [0, 0.05) is 19.8 Å². The number of rotatable bonds is 5. The van der Waals surface area contributed by atoms with Gasteiger partial charge in [-0.15, -0.1) is 0 Å². The normalized spacial score (nSPS) is 37.8. The molecule has 4 aliphatic carbocycles. The highest BCUT2D eigenvalue weighted by Crippen LogP contribution is 2.60. The molecule has 176 valence electrons. The van der Waals surface area contributed by atoms with Crippen LogP contribution in [0, 0.1) is 35.5 Å². The monoisotopic (exact) mass is 446 g/mol. The fourth-order valence-electron chi connectivity index (χ4n) is 7.38. The van der Waals surface area contributed by atoms with Crippen molar-refractivity contribution < 1.29 is 33.4 Å². The third-order valence-corrected chi connectivity index (χ3v) is 8.57. The van der Waals surface area contributed by atoms with Crippen LogP contribution < -0.4 is 0 Å². The molecule has 0 amide bonds. The van der Waals surface area contributed by atoms with Crippen LogP contribution in [0.5, 0.6) is 0 Å². The molecule has 4 rings (SSSR count). The molecule has 0 aromatic rings. The summed E-state index contributed by atoms with van der Waals surface area (Å²) >= 11 is 0. The molecule has 0 saturated heterocycles. The number of esters is 3. The molecule has 0 aliphatic heterocycles. The third-order valence-electron chi connectivity index (χ3n) is 8.57. The highest BCUT2D eigenvalue weighted by molar-refractivity contribution is 5.92. The molecule has 0 spiro atoms. The van der Waals surface area contributed by atoms with Crippen molar-refractivity contribution in [3.63, 3.8) is 0 Å². The maximum Gasteiger partial charge on any atom is 0.308 e. The van der Waals surface area contributed by atoms with Crippen molar-refractivity contribution in [2.75, 3.05) is 13.7 Å². The number of ketones is 1. The second kappa shape index (κ2) is 8.99. The molecule has 0 aromatic carbocycles. The smallest absolute Gasteiger partial charge is 0.308 e. The van der Waals surface area contributed by atoms with Crippen molar-refractivity contribution in [1.29, 1.82) is 0 Å². The van der Waals surface area contributed by atoms with Crippen LogP contribution in [0.4, 0.5) is 0 Å². The lowest BCUT2D eigenvalue weighted by Crippen LogP contribution is -2.52. The Balaban J connectivity index is 1.54. The van der Waals surface area contributed by atoms with E-state index in [1.807, 2.05) is 0 Å². The van der Waals surface area contributed by atoms with E-state index in [9.17, 15) is 19.2 Å². The average Bonchev–Trinajstić information content (AvgIpc) is 3.15. The van der Waals surface area contributed by atoms with Crippen molar-refractivity contribution in [1.82, 2.24) is 0 Å². The fourth-order valence-corrected chi connectivity index (χ4v) is 7.38. The lowest BCUT2D eigenvalue weighted by Gasteiger charge is -2.50. The Labute approximate surface area is 189 Å². The molecule has 7 atom stereocenters. The zero-order valence-corrected chi connectivity index (χ0v) is 19.3. The summed E-state index contributed by atoms with van der Waals surface area (Å²) < 4.78 is 15.7. The minimum atomic E-state index is -1.18. The molecule has 3 saturated carbocycles. The maximum atomic E-state index is 13.2. The molecule has 4 aliphatic rings. The first-order chi connectivity index (χ1) is 15.3. The van der Waals surface area contributed by atoms with E-state index >= 15 is 0 Å². The van der Waals surface area contributed by atoms with Gasteiger partial charge in [0.05, 0.1) is 13.0 Å². The summed E-state index contributed by atoms with van der Waals surface area (Å²) in [7, 11) is 1.46. The van der Waals surface area contributed by atoms with Crippen LogP contribution in [0.15, 0.2) is 11.6 Å². The van der Waals surface area contributed by atoms with Crippen LogP contribution in [-0.4, -0.2) is 43.0 Å². The second-order valence-corrected chi connectivity index (χ2v) is 10.0. The summed E-state index contributed by atoms with van der Waals surface area (Å²) in [5, 5.41) is 0. The Hall–Kier alpha value is -2.18. The van der Waals surface area contributed by atoms with E-state index in [-0.39, 0.29) is 30.2 Å². The number of fused-ring (bicyclic) bond motifs is 5. The first-order valence-corrected chi connectivity index (χ1v) is 11.9. The molecule has 32 heavy (non-hydrogen) atoms. The topological polar surface area (TPSA) is 96.0 Å². The van der Waals surface area contributed by atoms with E-state index in [2.05, 4.69) is 6.08 Å². The summed E-state index contributed by atoms with van der Waals surface area (Å²) in [5.41, 5.74) is 0.227. The molecular weight excluding hydrogens is 412 g/mol. The van der Waals surface area contributed by atoms with E-state index in [4.69, 9.17) is 14.2 Å². The van der Waals surface area contributed by atoms with Crippen molar-refractivity contribution in [2.45, 2.75) is 70.8 Å². The predicted octanol–water partition coefficient (Wildman–Crippen LogP) is 3.39. The highest BCUT2D eigenvalue weighted by Gasteiger charge is 2.60.